The number of anilines is 1. The zero-order valence-corrected chi connectivity index (χ0v) is 15.3. The molecule has 7 nitrogen and oxygen atoms in total. The number of ether oxygens (including phenoxy) is 1. The molecule has 0 saturated carbocycles. The number of carbonyl (C=O) groups is 1. The van der Waals surface area contributed by atoms with E-state index in [2.05, 4.69) is 30.3 Å². The van der Waals surface area contributed by atoms with E-state index >= 15 is 0 Å². The maximum absolute atomic E-state index is 13.1. The van der Waals surface area contributed by atoms with E-state index < -0.39 is 12.0 Å². The van der Waals surface area contributed by atoms with E-state index in [-0.39, 0.29) is 23.4 Å². The predicted molar refractivity (Wildman–Crippen MR) is 94.9 cm³/mol. The number of aromatic nitrogens is 3. The molecular formula is C18H21F2N5O2. The third kappa shape index (κ3) is 3.73. The lowest BCUT2D eigenvalue weighted by molar-refractivity contribution is -0.123. The van der Waals surface area contributed by atoms with Crippen LogP contribution in [0.1, 0.15) is 36.8 Å². The molecule has 0 aliphatic carbocycles. The molecule has 144 valence electrons. The number of amides is 1. The smallest absolute Gasteiger partial charge is 0.388 e. The molecule has 0 aromatic carbocycles. The van der Waals surface area contributed by atoms with Crippen molar-refractivity contribution in [3.8, 4) is 5.88 Å². The molecule has 0 atom stereocenters. The Balaban J connectivity index is 1.94. The Hall–Kier alpha value is -2.68. The van der Waals surface area contributed by atoms with Gasteiger partial charge in [-0.2, -0.15) is 8.78 Å². The minimum atomic E-state index is -3.04. The number of halogens is 2. The second-order valence-electron chi connectivity index (χ2n) is 6.77. The van der Waals surface area contributed by atoms with Crippen molar-refractivity contribution < 1.29 is 18.3 Å². The second kappa shape index (κ2) is 7.51. The first kappa shape index (κ1) is 19.1. The highest BCUT2D eigenvalue weighted by molar-refractivity contribution is 6.01. The fourth-order valence-corrected chi connectivity index (χ4v) is 2.99. The van der Waals surface area contributed by atoms with Gasteiger partial charge in [-0.15, -0.1) is 0 Å². The zero-order chi connectivity index (χ0) is 19.6. The van der Waals surface area contributed by atoms with Gasteiger partial charge in [-0.1, -0.05) is 13.8 Å². The molecule has 1 saturated heterocycles. The average molecular weight is 377 g/mol. The number of nitrogens with zero attached hydrogens (tertiary/aromatic N) is 3. The Morgan fingerprint density at radius 3 is 2.56 bits per heavy atom. The van der Waals surface area contributed by atoms with E-state index in [9.17, 15) is 13.6 Å². The van der Waals surface area contributed by atoms with E-state index in [0.29, 0.717) is 24.5 Å². The zero-order valence-electron chi connectivity index (χ0n) is 15.3. The number of nitrogens with one attached hydrogen (secondary N) is 2. The summed E-state index contributed by atoms with van der Waals surface area (Å²) in [6.07, 6.45) is 3.14. The van der Waals surface area contributed by atoms with Crippen LogP contribution in [0.15, 0.2) is 24.5 Å². The minimum Gasteiger partial charge on any atom is -0.415 e. The molecule has 2 N–H and O–H groups in total. The summed E-state index contributed by atoms with van der Waals surface area (Å²) in [5, 5.41) is 5.78. The minimum absolute atomic E-state index is 0.0812. The summed E-state index contributed by atoms with van der Waals surface area (Å²) in [5.74, 6) is -0.602. The average Bonchev–Trinajstić information content (AvgIpc) is 2.56. The number of hydrogen-bond acceptors (Lipinski definition) is 6. The maximum atomic E-state index is 13.1. The lowest BCUT2D eigenvalue weighted by Crippen LogP contribution is -2.64. The number of pyridine rings is 1. The maximum Gasteiger partial charge on any atom is 0.388 e. The molecule has 3 heterocycles. The molecule has 9 heteroatoms. The first-order valence-electron chi connectivity index (χ1n) is 8.59. The van der Waals surface area contributed by atoms with E-state index in [1.807, 2.05) is 13.8 Å². The lowest BCUT2D eigenvalue weighted by Gasteiger charge is -2.41. The molecule has 1 aliphatic rings. The molecule has 1 amide bonds. The molecule has 27 heavy (non-hydrogen) atoms. The summed E-state index contributed by atoms with van der Waals surface area (Å²) >= 11 is 0. The fourth-order valence-electron chi connectivity index (χ4n) is 2.99. The molecule has 0 radical (unpaired) electrons. The van der Waals surface area contributed by atoms with Gasteiger partial charge in [0.15, 0.2) is 0 Å². The van der Waals surface area contributed by atoms with Crippen LogP contribution in [-0.2, 0) is 10.2 Å². The van der Waals surface area contributed by atoms with Crippen LogP contribution in [0.3, 0.4) is 0 Å². The van der Waals surface area contributed by atoms with Crippen LogP contribution in [0.4, 0.5) is 14.5 Å². The molecule has 2 aromatic heterocycles. The highest BCUT2D eigenvalue weighted by Crippen LogP contribution is 2.34. The van der Waals surface area contributed by atoms with Crippen LogP contribution in [-0.4, -0.2) is 40.6 Å². The van der Waals surface area contributed by atoms with Gasteiger partial charge in [0.25, 0.3) is 0 Å². The van der Waals surface area contributed by atoms with Crippen LogP contribution in [0.5, 0.6) is 5.88 Å². The monoisotopic (exact) mass is 377 g/mol. The third-order valence-corrected chi connectivity index (χ3v) is 4.46. The number of carbonyl (C=O) groups excluding carboxylic acids is 1. The van der Waals surface area contributed by atoms with Crippen LogP contribution in [0.25, 0.3) is 0 Å². The second-order valence-corrected chi connectivity index (χ2v) is 6.77. The number of rotatable bonds is 6. The largest absolute Gasteiger partial charge is 0.415 e. The topological polar surface area (TPSA) is 89.0 Å². The first-order chi connectivity index (χ1) is 12.8. The summed E-state index contributed by atoms with van der Waals surface area (Å²) in [5.41, 5.74) is 0.987. The quantitative estimate of drug-likeness (QED) is 0.804. The Morgan fingerprint density at radius 1 is 1.26 bits per heavy atom. The van der Waals surface area contributed by atoms with Gasteiger partial charge in [-0.25, -0.2) is 4.98 Å². The SMILES string of the molecule is Cc1ccc(NC(=O)C2(c3nccnc3C(C)C)CNC2)c(OC(F)F)n1. The molecule has 1 aliphatic heterocycles. The molecule has 3 rings (SSSR count). The van der Waals surface area contributed by atoms with Crippen molar-refractivity contribution in [2.75, 3.05) is 18.4 Å². The summed E-state index contributed by atoms with van der Waals surface area (Å²) < 4.78 is 29.8. The molecule has 0 unspecified atom stereocenters. The van der Waals surface area contributed by atoms with Crippen LogP contribution in [0.2, 0.25) is 0 Å². The van der Waals surface area contributed by atoms with Gasteiger partial charge in [0.1, 0.15) is 11.1 Å². The van der Waals surface area contributed by atoms with Crippen molar-refractivity contribution in [1.82, 2.24) is 20.3 Å². The van der Waals surface area contributed by atoms with Crippen molar-refractivity contribution in [3.63, 3.8) is 0 Å². The molecular weight excluding hydrogens is 356 g/mol. The third-order valence-electron chi connectivity index (χ3n) is 4.46. The number of aryl methyl sites for hydroxylation is 1. The normalized spacial score (nSPS) is 15.5. The summed E-state index contributed by atoms with van der Waals surface area (Å²) in [4.78, 5) is 25.9. The predicted octanol–water partition coefficient (Wildman–Crippen LogP) is 2.38. The van der Waals surface area contributed by atoms with Crippen LogP contribution < -0.4 is 15.4 Å². The highest BCUT2D eigenvalue weighted by Gasteiger charge is 2.49. The van der Waals surface area contributed by atoms with Gasteiger partial charge in [0.05, 0.1) is 11.4 Å². The Kier molecular flexibility index (Phi) is 5.31. The fraction of sp³-hybridized carbons (Fsp3) is 0.444. The van der Waals surface area contributed by atoms with Crippen LogP contribution in [0, 0.1) is 6.92 Å². The molecule has 1 fully saturated rings. The van der Waals surface area contributed by atoms with E-state index in [1.54, 1.807) is 25.4 Å². The van der Waals surface area contributed by atoms with Crippen molar-refractivity contribution in [1.29, 1.82) is 0 Å². The van der Waals surface area contributed by atoms with Crippen molar-refractivity contribution in [2.24, 2.45) is 0 Å². The van der Waals surface area contributed by atoms with Gasteiger partial charge >= 0.3 is 6.61 Å². The summed E-state index contributed by atoms with van der Waals surface area (Å²) in [6, 6.07) is 3.11. The van der Waals surface area contributed by atoms with E-state index in [0.717, 1.165) is 5.69 Å². The molecule has 2 aromatic rings. The lowest BCUT2D eigenvalue weighted by atomic mass is 9.75. The van der Waals surface area contributed by atoms with Gasteiger partial charge in [0, 0.05) is 31.2 Å². The Labute approximate surface area is 155 Å². The van der Waals surface area contributed by atoms with Crippen molar-refractivity contribution in [2.45, 2.75) is 38.7 Å². The van der Waals surface area contributed by atoms with Gasteiger partial charge in [-0.3, -0.25) is 14.8 Å². The highest BCUT2D eigenvalue weighted by atomic mass is 19.3. The molecule has 0 spiro atoms. The summed E-state index contributed by atoms with van der Waals surface area (Å²) in [6.45, 7) is 3.31. The van der Waals surface area contributed by atoms with Gasteiger partial charge in [-0.05, 0) is 25.0 Å². The Bertz CT molecular complexity index is 840. The van der Waals surface area contributed by atoms with Gasteiger partial charge < -0.3 is 15.4 Å². The number of hydrogen-bond donors (Lipinski definition) is 2. The van der Waals surface area contributed by atoms with E-state index in [1.165, 1.54) is 6.07 Å². The van der Waals surface area contributed by atoms with Crippen LogP contribution >= 0.6 is 0 Å². The molecule has 0 bridgehead atoms. The van der Waals surface area contributed by atoms with Crippen molar-refractivity contribution >= 4 is 11.6 Å². The van der Waals surface area contributed by atoms with Crippen molar-refractivity contribution in [3.05, 3.63) is 41.6 Å². The first-order valence-corrected chi connectivity index (χ1v) is 8.59. The van der Waals surface area contributed by atoms with E-state index in [4.69, 9.17) is 0 Å². The standard InChI is InChI=1S/C18H21F2N5O2/c1-10(2)13-14(23-7-6-22-13)18(8-21-9-18)16(26)25-12-5-4-11(3)24-15(12)27-17(19)20/h4-7,10,17,21H,8-9H2,1-3H3,(H,25,26). The Morgan fingerprint density at radius 2 is 1.96 bits per heavy atom. The summed E-state index contributed by atoms with van der Waals surface area (Å²) in [7, 11) is 0. The van der Waals surface area contributed by atoms with Gasteiger partial charge in [0.2, 0.25) is 11.8 Å². The number of alkyl halides is 2.